The maximum Gasteiger partial charge on any atom is 0.142 e. The molecule has 20 heavy (non-hydrogen) atoms. The third-order valence-corrected chi connectivity index (χ3v) is 4.67. The number of rotatable bonds is 5. The molecule has 0 atom stereocenters. The van der Waals surface area contributed by atoms with Gasteiger partial charge in [0.2, 0.25) is 0 Å². The van der Waals surface area contributed by atoms with Crippen molar-refractivity contribution < 1.29 is 4.39 Å². The van der Waals surface area contributed by atoms with Crippen LogP contribution in [0.4, 0.5) is 4.39 Å². The van der Waals surface area contributed by atoms with Gasteiger partial charge >= 0.3 is 0 Å². The Hall–Kier alpha value is -0.600. The first-order chi connectivity index (χ1) is 9.51. The third kappa shape index (κ3) is 4.20. The fourth-order valence-electron chi connectivity index (χ4n) is 3.22. The molecule has 1 aromatic rings. The molecule has 0 aliphatic heterocycles. The van der Waals surface area contributed by atoms with Gasteiger partial charge in [-0.05, 0) is 42.4 Å². The van der Waals surface area contributed by atoms with E-state index in [0.717, 1.165) is 18.5 Å². The molecule has 0 spiro atoms. The maximum atomic E-state index is 13.6. The molecular formula is C17H25ClFN. The summed E-state index contributed by atoms with van der Waals surface area (Å²) in [5.41, 5.74) is 1.35. The van der Waals surface area contributed by atoms with E-state index in [1.165, 1.54) is 32.1 Å². The average Bonchev–Trinajstić information content (AvgIpc) is 2.42. The molecule has 0 radical (unpaired) electrons. The highest BCUT2D eigenvalue weighted by molar-refractivity contribution is 6.30. The second kappa shape index (κ2) is 6.91. The molecule has 1 aliphatic rings. The van der Waals surface area contributed by atoms with Crippen LogP contribution in [0.3, 0.4) is 0 Å². The monoisotopic (exact) mass is 297 g/mol. The molecule has 0 heterocycles. The summed E-state index contributed by atoms with van der Waals surface area (Å²) < 4.78 is 13.6. The fraction of sp³-hybridized carbons (Fsp3) is 0.647. The SMILES string of the molecule is CC(C)NCC1(Cc2ccc(Cl)c(F)c2)CCCCC1. The van der Waals surface area contributed by atoms with Gasteiger partial charge in [-0.15, -0.1) is 0 Å². The molecule has 1 nitrogen and oxygen atoms in total. The van der Waals surface area contributed by atoms with Gasteiger partial charge in [0.15, 0.2) is 0 Å². The predicted molar refractivity (Wildman–Crippen MR) is 83.8 cm³/mol. The van der Waals surface area contributed by atoms with E-state index in [0.29, 0.717) is 6.04 Å². The van der Waals surface area contributed by atoms with Crippen LogP contribution in [0.15, 0.2) is 18.2 Å². The van der Waals surface area contributed by atoms with Gasteiger partial charge in [0.25, 0.3) is 0 Å². The van der Waals surface area contributed by atoms with Gasteiger partial charge in [-0.2, -0.15) is 0 Å². The topological polar surface area (TPSA) is 12.0 Å². The van der Waals surface area contributed by atoms with E-state index in [2.05, 4.69) is 19.2 Å². The molecule has 2 rings (SSSR count). The Morgan fingerprint density at radius 2 is 1.95 bits per heavy atom. The molecule has 0 saturated heterocycles. The number of halogens is 2. The molecule has 1 aliphatic carbocycles. The number of hydrogen-bond donors (Lipinski definition) is 1. The lowest BCUT2D eigenvalue weighted by Crippen LogP contribution is -2.40. The van der Waals surface area contributed by atoms with Crippen LogP contribution in [0.1, 0.15) is 51.5 Å². The number of benzene rings is 1. The molecule has 1 N–H and O–H groups in total. The average molecular weight is 298 g/mol. The van der Waals surface area contributed by atoms with Crippen LogP contribution in [0.5, 0.6) is 0 Å². The van der Waals surface area contributed by atoms with Gasteiger partial charge in [-0.1, -0.05) is 50.8 Å². The van der Waals surface area contributed by atoms with E-state index in [4.69, 9.17) is 11.6 Å². The van der Waals surface area contributed by atoms with Crippen molar-refractivity contribution in [3.8, 4) is 0 Å². The molecule has 0 amide bonds. The predicted octanol–water partition coefficient (Wildman–Crippen LogP) is 4.97. The van der Waals surface area contributed by atoms with Crippen molar-refractivity contribution in [1.29, 1.82) is 0 Å². The van der Waals surface area contributed by atoms with Crippen LogP contribution < -0.4 is 5.32 Å². The molecule has 3 heteroatoms. The minimum atomic E-state index is -0.299. The maximum absolute atomic E-state index is 13.6. The summed E-state index contributed by atoms with van der Waals surface area (Å²) >= 11 is 5.77. The lowest BCUT2D eigenvalue weighted by Gasteiger charge is -2.38. The smallest absolute Gasteiger partial charge is 0.142 e. The van der Waals surface area contributed by atoms with Crippen LogP contribution in [-0.2, 0) is 6.42 Å². The minimum Gasteiger partial charge on any atom is -0.314 e. The van der Waals surface area contributed by atoms with Crippen molar-refractivity contribution in [2.45, 2.75) is 58.4 Å². The van der Waals surface area contributed by atoms with Crippen molar-refractivity contribution in [2.75, 3.05) is 6.54 Å². The standard InChI is InChI=1S/C17H25ClFN/c1-13(2)20-12-17(8-4-3-5-9-17)11-14-6-7-15(18)16(19)10-14/h6-7,10,13,20H,3-5,8-9,11-12H2,1-2H3. The molecule has 112 valence electrons. The first kappa shape index (κ1) is 15.8. The van der Waals surface area contributed by atoms with Gasteiger partial charge in [0.05, 0.1) is 5.02 Å². The van der Waals surface area contributed by atoms with Crippen molar-refractivity contribution in [2.24, 2.45) is 5.41 Å². The summed E-state index contributed by atoms with van der Waals surface area (Å²) in [6.45, 7) is 5.38. The Balaban J connectivity index is 2.11. The number of nitrogens with one attached hydrogen (secondary N) is 1. The molecule has 0 bridgehead atoms. The van der Waals surface area contributed by atoms with Gasteiger partial charge in [-0.3, -0.25) is 0 Å². The van der Waals surface area contributed by atoms with E-state index >= 15 is 0 Å². The Kier molecular flexibility index (Phi) is 5.45. The zero-order chi connectivity index (χ0) is 14.6. The third-order valence-electron chi connectivity index (χ3n) is 4.36. The van der Waals surface area contributed by atoms with Crippen LogP contribution >= 0.6 is 11.6 Å². The van der Waals surface area contributed by atoms with Gasteiger partial charge in [-0.25, -0.2) is 4.39 Å². The largest absolute Gasteiger partial charge is 0.314 e. The molecule has 1 aromatic carbocycles. The molecule has 0 aromatic heterocycles. The lowest BCUT2D eigenvalue weighted by molar-refractivity contribution is 0.176. The molecular weight excluding hydrogens is 273 g/mol. The first-order valence-electron chi connectivity index (χ1n) is 7.68. The second-order valence-electron chi connectivity index (χ2n) is 6.52. The van der Waals surface area contributed by atoms with Crippen molar-refractivity contribution in [1.82, 2.24) is 5.32 Å². The van der Waals surface area contributed by atoms with Crippen molar-refractivity contribution in [3.63, 3.8) is 0 Å². The molecule has 1 fully saturated rings. The highest BCUT2D eigenvalue weighted by Gasteiger charge is 2.32. The summed E-state index contributed by atoms with van der Waals surface area (Å²) in [6.07, 6.45) is 7.32. The van der Waals surface area contributed by atoms with E-state index in [-0.39, 0.29) is 16.3 Å². The molecule has 0 unspecified atom stereocenters. The highest BCUT2D eigenvalue weighted by atomic mass is 35.5. The van der Waals surface area contributed by atoms with Crippen LogP contribution in [0.25, 0.3) is 0 Å². The van der Waals surface area contributed by atoms with Gasteiger partial charge in [0.1, 0.15) is 5.82 Å². The Morgan fingerprint density at radius 3 is 2.55 bits per heavy atom. The first-order valence-corrected chi connectivity index (χ1v) is 8.06. The normalized spacial score (nSPS) is 18.4. The van der Waals surface area contributed by atoms with Gasteiger partial charge in [0, 0.05) is 12.6 Å². The minimum absolute atomic E-state index is 0.215. The van der Waals surface area contributed by atoms with E-state index in [1.54, 1.807) is 12.1 Å². The summed E-state index contributed by atoms with van der Waals surface area (Å²) in [4.78, 5) is 0. The summed E-state index contributed by atoms with van der Waals surface area (Å²) in [7, 11) is 0. The fourth-order valence-corrected chi connectivity index (χ4v) is 3.34. The Bertz CT molecular complexity index is 439. The quantitative estimate of drug-likeness (QED) is 0.809. The van der Waals surface area contributed by atoms with E-state index in [9.17, 15) is 4.39 Å². The van der Waals surface area contributed by atoms with E-state index < -0.39 is 0 Å². The zero-order valence-electron chi connectivity index (χ0n) is 12.5. The van der Waals surface area contributed by atoms with Crippen molar-refractivity contribution in [3.05, 3.63) is 34.6 Å². The number of hydrogen-bond acceptors (Lipinski definition) is 1. The molecule has 1 saturated carbocycles. The highest BCUT2D eigenvalue weighted by Crippen LogP contribution is 2.39. The Labute approximate surface area is 126 Å². The summed E-state index contributed by atoms with van der Waals surface area (Å²) in [6, 6.07) is 5.75. The zero-order valence-corrected chi connectivity index (χ0v) is 13.3. The van der Waals surface area contributed by atoms with E-state index in [1.807, 2.05) is 6.07 Å². The van der Waals surface area contributed by atoms with Crippen LogP contribution in [-0.4, -0.2) is 12.6 Å². The van der Waals surface area contributed by atoms with Crippen LogP contribution in [0.2, 0.25) is 5.02 Å². The summed E-state index contributed by atoms with van der Waals surface area (Å²) in [5.74, 6) is -0.299. The van der Waals surface area contributed by atoms with Gasteiger partial charge < -0.3 is 5.32 Å². The second-order valence-corrected chi connectivity index (χ2v) is 6.93. The Morgan fingerprint density at radius 1 is 1.25 bits per heavy atom. The van der Waals surface area contributed by atoms with Crippen molar-refractivity contribution >= 4 is 11.6 Å². The summed E-state index contributed by atoms with van der Waals surface area (Å²) in [5, 5.41) is 3.80. The van der Waals surface area contributed by atoms with Crippen LogP contribution in [0, 0.1) is 11.2 Å². The lowest BCUT2D eigenvalue weighted by atomic mass is 9.70.